The van der Waals surface area contributed by atoms with Crippen LogP contribution in [-0.2, 0) is 17.1 Å². The van der Waals surface area contributed by atoms with Crippen LogP contribution in [0.3, 0.4) is 0 Å². The smallest absolute Gasteiger partial charge is 0.212 e. The van der Waals surface area contributed by atoms with Crippen molar-refractivity contribution in [3.05, 3.63) is 48.0 Å². The number of aryl methyl sites for hydroxylation is 1. The van der Waals surface area contributed by atoms with Crippen molar-refractivity contribution in [2.45, 2.75) is 19.4 Å². The van der Waals surface area contributed by atoms with E-state index >= 15 is 0 Å². The lowest BCUT2D eigenvalue weighted by Gasteiger charge is -2.19. The topological polar surface area (TPSA) is 73.2 Å². The van der Waals surface area contributed by atoms with Crippen molar-refractivity contribution in [1.29, 1.82) is 0 Å². The molecule has 0 fully saturated rings. The highest BCUT2D eigenvalue weighted by molar-refractivity contribution is 7.89. The Labute approximate surface area is 131 Å². The van der Waals surface area contributed by atoms with Crippen LogP contribution in [0.25, 0.3) is 0 Å². The minimum atomic E-state index is -3.37. The Balaban J connectivity index is 2.39. The molecule has 2 aromatic rings. The fourth-order valence-corrected chi connectivity index (χ4v) is 3.48. The second kappa shape index (κ2) is 6.93. The van der Waals surface area contributed by atoms with Crippen LogP contribution >= 0.6 is 0 Å². The monoisotopic (exact) mass is 323 g/mol. The molecule has 0 aliphatic carbocycles. The van der Waals surface area contributed by atoms with E-state index in [1.54, 1.807) is 31.6 Å². The van der Waals surface area contributed by atoms with Crippen molar-refractivity contribution in [3.63, 3.8) is 0 Å². The summed E-state index contributed by atoms with van der Waals surface area (Å²) in [4.78, 5) is 4.28. The van der Waals surface area contributed by atoms with Crippen molar-refractivity contribution < 1.29 is 13.2 Å². The number of nitrogens with one attached hydrogen (secondary N) is 1. The highest BCUT2D eigenvalue weighted by atomic mass is 32.2. The summed E-state index contributed by atoms with van der Waals surface area (Å²) in [6, 6.07) is 6.76. The molecule has 120 valence electrons. The van der Waals surface area contributed by atoms with Crippen LogP contribution in [0.2, 0.25) is 0 Å². The first-order chi connectivity index (χ1) is 10.5. The summed E-state index contributed by atoms with van der Waals surface area (Å²) in [7, 11) is 0.0606. The van der Waals surface area contributed by atoms with Crippen LogP contribution in [0.4, 0.5) is 0 Å². The maximum absolute atomic E-state index is 12.2. The van der Waals surface area contributed by atoms with Crippen LogP contribution in [0.5, 0.6) is 5.75 Å². The minimum Gasteiger partial charge on any atom is -0.497 e. The number of aromatic nitrogens is 2. The van der Waals surface area contributed by atoms with Gasteiger partial charge in [-0.1, -0.05) is 19.1 Å². The highest BCUT2D eigenvalue weighted by Gasteiger charge is 2.23. The number of rotatable bonds is 7. The molecule has 0 saturated carbocycles. The lowest BCUT2D eigenvalue weighted by molar-refractivity contribution is 0.414. The second-order valence-electron chi connectivity index (χ2n) is 5.04. The van der Waals surface area contributed by atoms with Gasteiger partial charge < -0.3 is 9.30 Å². The molecule has 2 rings (SSSR count). The zero-order chi connectivity index (χ0) is 16.2. The molecule has 1 heterocycles. The van der Waals surface area contributed by atoms with Crippen LogP contribution in [0, 0.1) is 0 Å². The van der Waals surface area contributed by atoms with E-state index < -0.39 is 16.1 Å². The Morgan fingerprint density at radius 2 is 2.00 bits per heavy atom. The fraction of sp³-hybridized carbons (Fsp3) is 0.400. The lowest BCUT2D eigenvalue weighted by Crippen LogP contribution is -2.32. The predicted molar refractivity (Wildman–Crippen MR) is 85.3 cm³/mol. The van der Waals surface area contributed by atoms with E-state index in [1.165, 1.54) is 0 Å². The Bertz CT molecular complexity index is 708. The average Bonchev–Trinajstić information content (AvgIpc) is 2.91. The Hall–Kier alpha value is -1.86. The first-order valence-electron chi connectivity index (χ1n) is 7.08. The van der Waals surface area contributed by atoms with Crippen molar-refractivity contribution >= 4 is 10.0 Å². The number of benzene rings is 1. The number of sulfonamides is 1. The number of hydrogen-bond donors (Lipinski definition) is 1. The van der Waals surface area contributed by atoms with Gasteiger partial charge in [-0.3, -0.25) is 0 Å². The summed E-state index contributed by atoms with van der Waals surface area (Å²) in [6.07, 6.45) is 4.01. The molecular formula is C15H21N3O3S. The van der Waals surface area contributed by atoms with Gasteiger partial charge in [-0.15, -0.1) is 0 Å². The second-order valence-corrected chi connectivity index (χ2v) is 6.91. The van der Waals surface area contributed by atoms with Gasteiger partial charge in [-0.2, -0.15) is 0 Å². The SMILES string of the molecule is CCCS(=O)(=O)N[C@@H](c1ccc(OC)cc1)c1nccn1C. The molecule has 1 aromatic heterocycles. The van der Waals surface area contributed by atoms with Crippen molar-refractivity contribution in [2.24, 2.45) is 7.05 Å². The summed E-state index contributed by atoms with van der Waals surface area (Å²) in [5, 5.41) is 0. The fourth-order valence-electron chi connectivity index (χ4n) is 2.23. The summed E-state index contributed by atoms with van der Waals surface area (Å²) in [5.74, 6) is 1.45. The van der Waals surface area contributed by atoms with Crippen LogP contribution in [-0.4, -0.2) is 30.8 Å². The van der Waals surface area contributed by atoms with E-state index in [0.717, 1.165) is 11.3 Å². The minimum absolute atomic E-state index is 0.0874. The van der Waals surface area contributed by atoms with Gasteiger partial charge in [-0.05, 0) is 24.1 Å². The number of nitrogens with zero attached hydrogens (tertiary/aromatic N) is 2. The third-order valence-electron chi connectivity index (χ3n) is 3.34. The molecule has 1 atom stereocenters. The molecule has 1 aromatic carbocycles. The Kier molecular flexibility index (Phi) is 5.20. The van der Waals surface area contributed by atoms with Crippen LogP contribution < -0.4 is 9.46 Å². The summed E-state index contributed by atoms with van der Waals surface area (Å²) in [6.45, 7) is 1.84. The first-order valence-corrected chi connectivity index (χ1v) is 8.73. The van der Waals surface area contributed by atoms with E-state index in [1.807, 2.05) is 30.7 Å². The van der Waals surface area contributed by atoms with Crippen molar-refractivity contribution in [1.82, 2.24) is 14.3 Å². The molecule has 7 heteroatoms. The van der Waals surface area contributed by atoms with Gasteiger partial charge in [0.2, 0.25) is 10.0 Å². The summed E-state index contributed by atoms with van der Waals surface area (Å²) < 4.78 is 34.0. The molecule has 0 spiro atoms. The number of imidazole rings is 1. The number of methoxy groups -OCH3 is 1. The van der Waals surface area contributed by atoms with Crippen LogP contribution in [0.15, 0.2) is 36.7 Å². The molecule has 6 nitrogen and oxygen atoms in total. The van der Waals surface area contributed by atoms with Crippen molar-refractivity contribution in [2.75, 3.05) is 12.9 Å². The normalized spacial score (nSPS) is 13.0. The van der Waals surface area contributed by atoms with E-state index in [9.17, 15) is 8.42 Å². The highest BCUT2D eigenvalue weighted by Crippen LogP contribution is 2.23. The van der Waals surface area contributed by atoms with Gasteiger partial charge in [0.1, 0.15) is 17.6 Å². The molecular weight excluding hydrogens is 302 g/mol. The van der Waals surface area contributed by atoms with Gasteiger partial charge in [0.05, 0.1) is 12.9 Å². The van der Waals surface area contributed by atoms with Gasteiger partial charge in [0.15, 0.2) is 0 Å². The Morgan fingerprint density at radius 1 is 1.32 bits per heavy atom. The molecule has 1 N–H and O–H groups in total. The zero-order valence-corrected chi connectivity index (χ0v) is 13.8. The third-order valence-corrected chi connectivity index (χ3v) is 4.88. The van der Waals surface area contributed by atoms with Gasteiger partial charge in [0.25, 0.3) is 0 Å². The maximum Gasteiger partial charge on any atom is 0.212 e. The van der Waals surface area contributed by atoms with Gasteiger partial charge >= 0.3 is 0 Å². The van der Waals surface area contributed by atoms with E-state index in [4.69, 9.17) is 4.74 Å². The molecule has 0 aliphatic rings. The molecule has 0 saturated heterocycles. The molecule has 0 bridgehead atoms. The van der Waals surface area contributed by atoms with Crippen LogP contribution in [0.1, 0.15) is 30.8 Å². The lowest BCUT2D eigenvalue weighted by atomic mass is 10.1. The predicted octanol–water partition coefficient (Wildman–Crippen LogP) is 1.85. The summed E-state index contributed by atoms with van der Waals surface area (Å²) >= 11 is 0. The van der Waals surface area contributed by atoms with E-state index in [2.05, 4.69) is 9.71 Å². The first kappa shape index (κ1) is 16.5. The molecule has 0 aliphatic heterocycles. The summed E-state index contributed by atoms with van der Waals surface area (Å²) in [5.41, 5.74) is 0.815. The largest absolute Gasteiger partial charge is 0.497 e. The number of ether oxygens (including phenoxy) is 1. The standard InChI is InChI=1S/C15H21N3O3S/c1-4-11-22(19,20)17-14(15-16-9-10-18(15)2)12-5-7-13(21-3)8-6-12/h5-10,14,17H,4,11H2,1-3H3/t14-/m0/s1. The quantitative estimate of drug-likeness (QED) is 0.844. The van der Waals surface area contributed by atoms with E-state index in [0.29, 0.717) is 12.2 Å². The van der Waals surface area contributed by atoms with E-state index in [-0.39, 0.29) is 5.75 Å². The number of hydrogen-bond acceptors (Lipinski definition) is 4. The van der Waals surface area contributed by atoms with Crippen molar-refractivity contribution in [3.8, 4) is 5.75 Å². The van der Waals surface area contributed by atoms with Gasteiger partial charge in [-0.25, -0.2) is 18.1 Å². The molecule has 0 unspecified atom stereocenters. The van der Waals surface area contributed by atoms with Gasteiger partial charge in [0, 0.05) is 19.4 Å². The molecule has 0 radical (unpaired) electrons. The average molecular weight is 323 g/mol. The molecule has 0 amide bonds. The molecule has 22 heavy (non-hydrogen) atoms. The zero-order valence-electron chi connectivity index (χ0n) is 13.0. The maximum atomic E-state index is 12.2. The third kappa shape index (κ3) is 3.86. The Morgan fingerprint density at radius 3 is 2.50 bits per heavy atom.